The van der Waals surface area contributed by atoms with Crippen LogP contribution in [0.4, 0.5) is 0 Å². The third-order valence-electron chi connectivity index (χ3n) is 4.86. The van der Waals surface area contributed by atoms with Gasteiger partial charge in [0.25, 0.3) is 5.89 Å². The maximum atomic E-state index is 12.4. The smallest absolute Gasteiger partial charge is 0.303 e. The fraction of sp³-hybridized carbons (Fsp3) is 0.524. The maximum absolute atomic E-state index is 12.4. The number of ether oxygens (including phenoxy) is 1. The first-order chi connectivity index (χ1) is 13.3. The molecule has 2 aromatic rings. The first-order valence-corrected chi connectivity index (χ1v) is 9.60. The van der Waals surface area contributed by atoms with Crippen molar-refractivity contribution in [2.24, 2.45) is 5.41 Å². The minimum absolute atomic E-state index is 0.121. The molecule has 1 aliphatic heterocycles. The Balaban J connectivity index is 1.71. The van der Waals surface area contributed by atoms with Crippen LogP contribution in [0.2, 0.25) is 0 Å². The first kappa shape index (κ1) is 20.0. The molecule has 0 N–H and O–H groups in total. The van der Waals surface area contributed by atoms with Crippen molar-refractivity contribution in [2.45, 2.75) is 52.6 Å². The Morgan fingerprint density at radius 3 is 2.39 bits per heavy atom. The molecule has 1 aromatic heterocycles. The molecule has 0 bridgehead atoms. The molecule has 1 atom stereocenters. The molecule has 1 unspecified atom stereocenters. The van der Waals surface area contributed by atoms with E-state index in [2.05, 4.69) is 10.1 Å². The van der Waals surface area contributed by atoms with E-state index >= 15 is 0 Å². The van der Waals surface area contributed by atoms with Gasteiger partial charge in [-0.2, -0.15) is 4.98 Å². The molecule has 28 heavy (non-hydrogen) atoms. The van der Waals surface area contributed by atoms with Gasteiger partial charge in [0.1, 0.15) is 0 Å². The summed E-state index contributed by atoms with van der Waals surface area (Å²) in [4.78, 5) is 30.4. The highest BCUT2D eigenvalue weighted by atomic mass is 16.6. The first-order valence-electron chi connectivity index (χ1n) is 9.60. The zero-order chi connectivity index (χ0) is 20.3. The SMILES string of the molecule is CC(=O)OC(c1ccccc1)c1nc(C2CCN(C(=O)C(C)(C)C)CC2)no1. The second-order valence-electron chi connectivity index (χ2n) is 8.21. The maximum Gasteiger partial charge on any atom is 0.303 e. The molecule has 1 saturated heterocycles. The molecule has 1 amide bonds. The number of rotatable bonds is 4. The fourth-order valence-electron chi connectivity index (χ4n) is 3.39. The molecular weight excluding hydrogens is 358 g/mol. The number of likely N-dealkylation sites (tertiary alicyclic amines) is 1. The molecule has 0 radical (unpaired) electrons. The van der Waals surface area contributed by atoms with Crippen LogP contribution < -0.4 is 0 Å². The lowest BCUT2D eigenvalue weighted by atomic mass is 9.91. The summed E-state index contributed by atoms with van der Waals surface area (Å²) in [7, 11) is 0. The van der Waals surface area contributed by atoms with Crippen LogP contribution in [0.25, 0.3) is 0 Å². The van der Waals surface area contributed by atoms with Gasteiger partial charge in [0.15, 0.2) is 5.82 Å². The molecular formula is C21H27N3O4. The van der Waals surface area contributed by atoms with E-state index < -0.39 is 12.1 Å². The largest absolute Gasteiger partial charge is 0.447 e. The zero-order valence-electron chi connectivity index (χ0n) is 16.8. The minimum atomic E-state index is -0.720. The standard InChI is InChI=1S/C21H27N3O4/c1-14(25)27-17(15-8-6-5-7-9-15)19-22-18(23-28-19)16-10-12-24(13-11-16)20(26)21(2,3)4/h5-9,16-17H,10-13H2,1-4H3. The van der Waals surface area contributed by atoms with Gasteiger partial charge in [-0.1, -0.05) is 56.3 Å². The summed E-state index contributed by atoms with van der Waals surface area (Å²) >= 11 is 0. The molecule has 2 heterocycles. The number of piperidine rings is 1. The Bertz CT molecular complexity index is 818. The lowest BCUT2D eigenvalue weighted by Crippen LogP contribution is -2.43. The summed E-state index contributed by atoms with van der Waals surface area (Å²) in [5, 5.41) is 4.13. The van der Waals surface area contributed by atoms with E-state index in [1.807, 2.05) is 56.0 Å². The van der Waals surface area contributed by atoms with E-state index in [-0.39, 0.29) is 23.1 Å². The van der Waals surface area contributed by atoms with Crippen molar-refractivity contribution >= 4 is 11.9 Å². The van der Waals surface area contributed by atoms with Crippen LogP contribution in [0.5, 0.6) is 0 Å². The summed E-state index contributed by atoms with van der Waals surface area (Å²) in [5.41, 5.74) is 0.400. The molecule has 1 aliphatic rings. The van der Waals surface area contributed by atoms with Gasteiger partial charge in [-0.05, 0) is 12.8 Å². The van der Waals surface area contributed by atoms with Crippen molar-refractivity contribution in [3.05, 3.63) is 47.6 Å². The Kier molecular flexibility index (Phi) is 5.82. The van der Waals surface area contributed by atoms with Crippen molar-refractivity contribution in [2.75, 3.05) is 13.1 Å². The highest BCUT2D eigenvalue weighted by molar-refractivity contribution is 5.81. The summed E-state index contributed by atoms with van der Waals surface area (Å²) in [5.74, 6) is 0.743. The van der Waals surface area contributed by atoms with Crippen LogP contribution in [0.1, 0.15) is 69.8 Å². The normalized spacial score (nSPS) is 16.6. The van der Waals surface area contributed by atoms with E-state index in [0.717, 1.165) is 18.4 Å². The Hall–Kier alpha value is -2.70. The highest BCUT2D eigenvalue weighted by Crippen LogP contribution is 2.31. The Morgan fingerprint density at radius 1 is 1.18 bits per heavy atom. The van der Waals surface area contributed by atoms with Gasteiger partial charge in [0.2, 0.25) is 12.0 Å². The second-order valence-corrected chi connectivity index (χ2v) is 8.21. The minimum Gasteiger partial charge on any atom is -0.447 e. The number of nitrogens with zero attached hydrogens (tertiary/aromatic N) is 3. The second kappa shape index (κ2) is 8.12. The predicted octanol–water partition coefficient (Wildman–Crippen LogP) is 3.47. The molecule has 1 fully saturated rings. The molecule has 3 rings (SSSR count). The number of amides is 1. The van der Waals surface area contributed by atoms with Crippen LogP contribution in [0.3, 0.4) is 0 Å². The number of aromatic nitrogens is 2. The molecule has 7 heteroatoms. The van der Waals surface area contributed by atoms with Gasteiger partial charge in [0.05, 0.1) is 0 Å². The van der Waals surface area contributed by atoms with Crippen molar-refractivity contribution in [3.8, 4) is 0 Å². The Morgan fingerprint density at radius 2 is 1.82 bits per heavy atom. The summed E-state index contributed by atoms with van der Waals surface area (Å²) in [6.07, 6.45) is 0.844. The van der Waals surface area contributed by atoms with Crippen LogP contribution in [-0.4, -0.2) is 40.0 Å². The zero-order valence-corrected chi connectivity index (χ0v) is 16.8. The van der Waals surface area contributed by atoms with Crippen LogP contribution in [0, 0.1) is 5.41 Å². The number of hydrogen-bond acceptors (Lipinski definition) is 6. The van der Waals surface area contributed by atoms with Crippen molar-refractivity contribution in [1.29, 1.82) is 0 Å². The van der Waals surface area contributed by atoms with Crippen molar-refractivity contribution < 1.29 is 18.8 Å². The van der Waals surface area contributed by atoms with Gasteiger partial charge in [-0.15, -0.1) is 0 Å². The molecule has 1 aromatic carbocycles. The number of esters is 1. The van der Waals surface area contributed by atoms with Gasteiger partial charge in [-0.25, -0.2) is 0 Å². The summed E-state index contributed by atoms with van der Waals surface area (Å²) in [6.45, 7) is 8.52. The van der Waals surface area contributed by atoms with Crippen molar-refractivity contribution in [1.82, 2.24) is 15.0 Å². The lowest BCUT2D eigenvalue weighted by Gasteiger charge is -2.34. The average Bonchev–Trinajstić information content (AvgIpc) is 3.15. The van der Waals surface area contributed by atoms with E-state index in [1.165, 1.54) is 6.92 Å². The molecule has 0 saturated carbocycles. The number of carbonyl (C=O) groups excluding carboxylic acids is 2. The molecule has 0 spiro atoms. The quantitative estimate of drug-likeness (QED) is 0.749. The third-order valence-corrected chi connectivity index (χ3v) is 4.86. The molecule has 0 aliphatic carbocycles. The van der Waals surface area contributed by atoms with E-state index in [1.54, 1.807) is 0 Å². The average molecular weight is 385 g/mol. The van der Waals surface area contributed by atoms with Crippen LogP contribution >= 0.6 is 0 Å². The van der Waals surface area contributed by atoms with Gasteiger partial charge in [-0.3, -0.25) is 9.59 Å². The van der Waals surface area contributed by atoms with Gasteiger partial charge in [0, 0.05) is 36.9 Å². The van der Waals surface area contributed by atoms with E-state index in [4.69, 9.17) is 9.26 Å². The third kappa shape index (κ3) is 4.58. The molecule has 150 valence electrons. The number of hydrogen-bond donors (Lipinski definition) is 0. The van der Waals surface area contributed by atoms with E-state index in [0.29, 0.717) is 18.9 Å². The summed E-state index contributed by atoms with van der Waals surface area (Å²) in [6, 6.07) is 9.33. The monoisotopic (exact) mass is 385 g/mol. The molecule has 7 nitrogen and oxygen atoms in total. The van der Waals surface area contributed by atoms with E-state index in [9.17, 15) is 9.59 Å². The predicted molar refractivity (Wildman–Crippen MR) is 102 cm³/mol. The topological polar surface area (TPSA) is 85.5 Å². The van der Waals surface area contributed by atoms with Crippen LogP contribution in [0.15, 0.2) is 34.9 Å². The summed E-state index contributed by atoms with van der Waals surface area (Å²) < 4.78 is 10.9. The lowest BCUT2D eigenvalue weighted by molar-refractivity contribution is -0.145. The number of carbonyl (C=O) groups is 2. The highest BCUT2D eigenvalue weighted by Gasteiger charge is 2.33. The fourth-order valence-corrected chi connectivity index (χ4v) is 3.39. The van der Waals surface area contributed by atoms with Gasteiger partial charge >= 0.3 is 5.97 Å². The van der Waals surface area contributed by atoms with Gasteiger partial charge < -0.3 is 14.2 Å². The van der Waals surface area contributed by atoms with Crippen molar-refractivity contribution in [3.63, 3.8) is 0 Å². The number of benzene rings is 1. The van der Waals surface area contributed by atoms with Crippen LogP contribution in [-0.2, 0) is 14.3 Å². The Labute approximate surface area is 165 Å².